The number of benzene rings is 7. The Balaban J connectivity index is -0.000000119. The van der Waals surface area contributed by atoms with Crippen LogP contribution in [0.15, 0.2) is 170 Å². The van der Waals surface area contributed by atoms with Gasteiger partial charge in [0, 0.05) is 38.4 Å². The summed E-state index contributed by atoms with van der Waals surface area (Å²) in [5.74, 6) is 11.9. The van der Waals surface area contributed by atoms with Crippen LogP contribution in [0.5, 0.6) is 40.2 Å². The van der Waals surface area contributed by atoms with Gasteiger partial charge in [0.2, 0.25) is 6.29 Å². The lowest BCUT2D eigenvalue weighted by Gasteiger charge is -2.25. The third-order valence-electron chi connectivity index (χ3n) is 22.1. The van der Waals surface area contributed by atoms with E-state index in [4.69, 9.17) is 66.3 Å². The zero-order valence-corrected chi connectivity index (χ0v) is 84.3. The van der Waals surface area contributed by atoms with E-state index in [1.807, 2.05) is 128 Å². The van der Waals surface area contributed by atoms with E-state index in [-0.39, 0.29) is 154 Å². The predicted molar refractivity (Wildman–Crippen MR) is 620 cm³/mol. The number of unbranched alkanes of at least 4 members (excludes halogenated alkanes) is 1. The van der Waals surface area contributed by atoms with Crippen LogP contribution in [-0.2, 0) is 33.2 Å². The molecule has 7 aromatic rings. The molecule has 14 nitrogen and oxygen atoms in total. The fourth-order valence-corrected chi connectivity index (χ4v) is 12.5. The summed E-state index contributed by atoms with van der Waals surface area (Å²) in [5.41, 5.74) is 9.37. The second-order valence-electron chi connectivity index (χ2n) is 35.6. The van der Waals surface area contributed by atoms with Crippen LogP contribution >= 0.6 is 0 Å². The highest BCUT2D eigenvalue weighted by Gasteiger charge is 2.21. The van der Waals surface area contributed by atoms with Crippen molar-refractivity contribution in [1.82, 2.24) is 0 Å². The van der Waals surface area contributed by atoms with E-state index < -0.39 is 0 Å². The van der Waals surface area contributed by atoms with Gasteiger partial charge in [0.25, 0.3) is 0 Å². The van der Waals surface area contributed by atoms with E-state index in [0.29, 0.717) is 72.4 Å². The lowest BCUT2D eigenvalue weighted by atomic mass is 9.99. The average molecular weight is 1960 g/mol. The Labute approximate surface area is 867 Å². The Kier molecular flexibility index (Phi) is 107. The van der Waals surface area contributed by atoms with Crippen LogP contribution in [0.2, 0.25) is 0 Å². The van der Waals surface area contributed by atoms with Gasteiger partial charge in [-0.3, -0.25) is 0 Å². The zero-order valence-electron chi connectivity index (χ0n) is 84.3. The van der Waals surface area contributed by atoms with Crippen molar-refractivity contribution in [1.29, 1.82) is 0 Å². The SMILES string of the molecule is C.C.C.C.C.C.C.C.C.C.C.C.C.C.CCC(C)c1ccc(OC(C)OC(C)(C)C)cc1.CCC(C)c1ccc(OC(C)OCC(C)C)cc1.CCC(C)c1ccc(OC2CCCCO2)cc1.CCC(OCC(C)C)Oc1ccc(C(C)CC)cc1.CCCCOC(C)Oc1ccc(C(C)CC)cc1.CCOC(CC)Oc1ccc(C(C)CC)cc1.CCOC(Oc1ccc(C(C)CC)cc1)C(C)C. The van der Waals surface area contributed by atoms with Crippen molar-refractivity contribution in [2.75, 3.05) is 39.6 Å². The first-order chi connectivity index (χ1) is 59.6. The maximum absolute atomic E-state index is 5.86. The Bertz CT molecular complexity index is 3610. The maximum atomic E-state index is 5.86. The zero-order chi connectivity index (χ0) is 93.2. The lowest BCUT2D eigenvalue weighted by molar-refractivity contribution is -0.140. The van der Waals surface area contributed by atoms with Gasteiger partial charge in [-0.2, -0.15) is 0 Å². The minimum absolute atomic E-state index is 0. The van der Waals surface area contributed by atoms with Crippen molar-refractivity contribution in [2.24, 2.45) is 17.8 Å². The summed E-state index contributed by atoms with van der Waals surface area (Å²) in [5, 5.41) is 0. The molecule has 7 aromatic carbocycles. The Morgan fingerprint density at radius 2 is 0.540 bits per heavy atom. The lowest BCUT2D eigenvalue weighted by Crippen LogP contribution is -2.29. The van der Waals surface area contributed by atoms with Gasteiger partial charge in [-0.25, -0.2) is 0 Å². The fourth-order valence-electron chi connectivity index (χ4n) is 12.5. The minimum Gasteiger partial charge on any atom is -0.465 e. The standard InChI is InChI=1S/C17H28O2.4C16H26O2.C15H22O2.C15H24O2.14CH4/c1-6-14(5)15-8-10-16(11-9-15)19-17(7-2)18-12-13(3)4;1-7-12(2)14-8-10-15(11-9-14)17-13(3)18-16(4,5)6;1-6-13(4)15-7-9-16(10-8-15)18-14(5)17-11-12(2)3;1-6-13(5)14-8-10-15(11-9-14)18-16(12(3)4)17-7-2;1-5-7-12-17-14(4)18-16-10-8-15(9-11-16)13(3)6-2;1-3-12(2)13-7-9-14(10-8-13)17-15-6-4-5-11-16-15;1-5-12(4)13-8-10-14(11-9-13)17-15(6-2)16-7-3;;;;;;;;;;;;;;/h8-11,13-14,17H,6-7,12H2,1-5H3;8-13H,7H2,1-6H3;7-10,12-14H,6,11H2,1-5H3;8-13,16H,6-7H2,1-5H3;8-11,13-14H,5-7,12H2,1-4H3;7-10,12,15H,3-6,11H2,1-2H3;8-12,15H,5-7H2,1-4H3;14*1H4. The molecule has 8 rings (SSSR count). The second-order valence-corrected chi connectivity index (χ2v) is 35.6. The van der Waals surface area contributed by atoms with Crippen LogP contribution in [0.4, 0.5) is 0 Å². The highest BCUT2D eigenvalue weighted by molar-refractivity contribution is 5.35. The molecule has 1 fully saturated rings. The quantitative estimate of drug-likeness (QED) is 0.0265. The predicted octanol–water partition coefficient (Wildman–Crippen LogP) is 41.0. The summed E-state index contributed by atoms with van der Waals surface area (Å²) in [6.45, 7) is 70.5. The van der Waals surface area contributed by atoms with Gasteiger partial charge in [0.15, 0.2) is 37.7 Å². The molecule has 14 atom stereocenters. The first kappa shape index (κ1) is 160. The van der Waals surface area contributed by atoms with E-state index in [0.717, 1.165) is 144 Å². The summed E-state index contributed by atoms with van der Waals surface area (Å²) in [4.78, 5) is 0. The number of hydrogen-bond donors (Lipinski definition) is 0. The highest BCUT2D eigenvalue weighted by atomic mass is 16.7. The van der Waals surface area contributed by atoms with Crippen LogP contribution in [0.3, 0.4) is 0 Å². The van der Waals surface area contributed by atoms with Crippen LogP contribution in [-0.4, -0.2) is 89.3 Å². The molecule has 0 bridgehead atoms. The molecular weight excluding hydrogens is 1730 g/mol. The summed E-state index contributed by atoms with van der Waals surface area (Å²) < 4.78 is 79.6. The second kappa shape index (κ2) is 93.2. The van der Waals surface area contributed by atoms with Crippen molar-refractivity contribution in [3.8, 4) is 40.2 Å². The molecular formula is C125H234O14. The third kappa shape index (κ3) is 71.1. The average Bonchev–Trinajstić information content (AvgIpc) is 0.908. The fraction of sp³-hybridized carbons (Fsp3) is 0.664. The van der Waals surface area contributed by atoms with Crippen molar-refractivity contribution >= 4 is 0 Å². The largest absolute Gasteiger partial charge is 0.465 e. The maximum Gasteiger partial charge on any atom is 0.202 e. The molecule has 1 aliphatic rings. The van der Waals surface area contributed by atoms with Gasteiger partial charge in [0.05, 0.1) is 32.0 Å². The molecule has 1 saturated heterocycles. The molecule has 139 heavy (non-hydrogen) atoms. The molecule has 0 aliphatic carbocycles. The molecule has 0 spiro atoms. The Morgan fingerprint density at radius 1 is 0.281 bits per heavy atom. The van der Waals surface area contributed by atoms with Crippen LogP contribution < -0.4 is 33.2 Å². The molecule has 0 radical (unpaired) electrons. The van der Waals surface area contributed by atoms with Crippen molar-refractivity contribution in [3.63, 3.8) is 0 Å². The van der Waals surface area contributed by atoms with Crippen molar-refractivity contribution < 1.29 is 66.3 Å². The summed E-state index contributed by atoms with van der Waals surface area (Å²) in [6, 6.07) is 58.5. The van der Waals surface area contributed by atoms with E-state index in [9.17, 15) is 0 Å². The van der Waals surface area contributed by atoms with Gasteiger partial charge in [-0.15, -0.1) is 0 Å². The molecule has 0 saturated carbocycles. The highest BCUT2D eigenvalue weighted by Crippen LogP contribution is 2.31. The number of ether oxygens (including phenoxy) is 14. The monoisotopic (exact) mass is 1960 g/mol. The first-order valence-corrected chi connectivity index (χ1v) is 48.4. The first-order valence-electron chi connectivity index (χ1n) is 48.4. The summed E-state index contributed by atoms with van der Waals surface area (Å²) >= 11 is 0. The smallest absolute Gasteiger partial charge is 0.202 e. The van der Waals surface area contributed by atoms with Gasteiger partial charge in [-0.05, 0) is 297 Å². The summed E-state index contributed by atoms with van der Waals surface area (Å²) in [6.07, 6.45) is 14.4. The van der Waals surface area contributed by atoms with E-state index in [1.54, 1.807) is 0 Å². The molecule has 14 unspecified atom stereocenters. The molecule has 818 valence electrons. The van der Waals surface area contributed by atoms with E-state index in [1.165, 1.54) is 51.8 Å². The summed E-state index contributed by atoms with van der Waals surface area (Å²) in [7, 11) is 0. The van der Waals surface area contributed by atoms with Gasteiger partial charge >= 0.3 is 0 Å². The Morgan fingerprint density at radius 3 is 0.784 bits per heavy atom. The third-order valence-corrected chi connectivity index (χ3v) is 22.1. The van der Waals surface area contributed by atoms with Crippen LogP contribution in [0.25, 0.3) is 0 Å². The van der Waals surface area contributed by atoms with E-state index >= 15 is 0 Å². The molecule has 14 heteroatoms. The van der Waals surface area contributed by atoms with E-state index in [2.05, 4.69) is 256 Å². The minimum atomic E-state index is -0.237. The normalized spacial score (nSPS) is 14.0. The van der Waals surface area contributed by atoms with Crippen LogP contribution in [0, 0.1) is 17.8 Å². The van der Waals surface area contributed by atoms with Gasteiger partial charge < -0.3 is 66.3 Å². The number of rotatable bonds is 46. The molecule has 1 aliphatic heterocycles. The van der Waals surface area contributed by atoms with Crippen molar-refractivity contribution in [2.45, 2.75) is 500 Å². The van der Waals surface area contributed by atoms with Gasteiger partial charge in [-0.1, -0.05) is 355 Å². The van der Waals surface area contributed by atoms with Crippen molar-refractivity contribution in [3.05, 3.63) is 209 Å². The molecule has 0 aromatic heterocycles. The van der Waals surface area contributed by atoms with Crippen LogP contribution in [0.1, 0.15) is 489 Å². The van der Waals surface area contributed by atoms with Gasteiger partial charge in [0.1, 0.15) is 40.2 Å². The number of hydrogen-bond acceptors (Lipinski definition) is 14. The molecule has 0 amide bonds. The molecule has 0 N–H and O–H groups in total. The molecule has 1 heterocycles. The Hall–Kier alpha value is -7.14. The topological polar surface area (TPSA) is 129 Å².